The lowest BCUT2D eigenvalue weighted by atomic mass is 10.2. The third-order valence-corrected chi connectivity index (χ3v) is 2.66. The lowest BCUT2D eigenvalue weighted by Gasteiger charge is -2.08. The van der Waals surface area contributed by atoms with E-state index in [0.29, 0.717) is 17.3 Å². The Bertz CT molecular complexity index is 569. The van der Waals surface area contributed by atoms with Crippen molar-refractivity contribution in [2.24, 2.45) is 0 Å². The first-order valence-corrected chi connectivity index (χ1v) is 5.55. The van der Waals surface area contributed by atoms with Gasteiger partial charge in [-0.15, -0.1) is 0 Å². The number of nitrogens with one attached hydrogen (secondary N) is 1. The molecule has 1 N–H and O–H groups in total. The van der Waals surface area contributed by atoms with Gasteiger partial charge in [0.25, 0.3) is 0 Å². The second-order valence-electron chi connectivity index (χ2n) is 3.69. The molecule has 0 aliphatic rings. The molecule has 0 radical (unpaired) electrons. The van der Waals surface area contributed by atoms with Gasteiger partial charge in [0.15, 0.2) is 0 Å². The van der Waals surface area contributed by atoms with Crippen molar-refractivity contribution in [1.82, 2.24) is 0 Å². The monoisotopic (exact) mass is 246 g/mol. The summed E-state index contributed by atoms with van der Waals surface area (Å²) in [6, 6.07) is 11.1. The summed E-state index contributed by atoms with van der Waals surface area (Å²) in [6.45, 7) is 2.53. The molecule has 0 bridgehead atoms. The van der Waals surface area contributed by atoms with Crippen molar-refractivity contribution >= 4 is 17.3 Å². The number of aryl methyl sites for hydroxylation is 1. The van der Waals surface area contributed by atoms with Crippen molar-refractivity contribution in [2.75, 3.05) is 5.32 Å². The molecular formula is C13H11ClN2O. The maximum atomic E-state index is 8.64. The molecule has 0 amide bonds. The van der Waals surface area contributed by atoms with Gasteiger partial charge in [-0.3, -0.25) is 0 Å². The summed E-state index contributed by atoms with van der Waals surface area (Å²) in [4.78, 5) is 0. The van der Waals surface area contributed by atoms with E-state index in [1.54, 1.807) is 12.1 Å². The predicted octanol–water partition coefficient (Wildman–Crippen LogP) is 3.73. The first-order chi connectivity index (χ1) is 8.19. The van der Waals surface area contributed by atoms with Crippen molar-refractivity contribution in [3.63, 3.8) is 0 Å². The summed E-state index contributed by atoms with van der Waals surface area (Å²) in [5.74, 6) is 1.05. The maximum Gasteiger partial charge on any atom is 0.203 e. The Morgan fingerprint density at radius 1 is 1.35 bits per heavy atom. The van der Waals surface area contributed by atoms with Crippen LogP contribution in [0.2, 0.25) is 5.02 Å². The topological polar surface area (TPSA) is 49.0 Å². The van der Waals surface area contributed by atoms with E-state index in [4.69, 9.17) is 21.3 Å². The van der Waals surface area contributed by atoms with Gasteiger partial charge in [0.05, 0.1) is 6.54 Å². The van der Waals surface area contributed by atoms with E-state index in [0.717, 1.165) is 17.0 Å². The standard InChI is InChI=1S/C13H11ClN2O/c1-9-2-3-10(14)6-13(9)16-8-12-5-4-11(7-15)17-12/h2-6,16H,8H2,1H3. The number of nitrogens with zero attached hydrogens (tertiary/aromatic N) is 1. The van der Waals surface area contributed by atoms with Crippen molar-refractivity contribution in [1.29, 1.82) is 5.26 Å². The number of rotatable bonds is 3. The minimum Gasteiger partial charge on any atom is -0.449 e. The third-order valence-electron chi connectivity index (χ3n) is 2.42. The molecule has 0 aliphatic heterocycles. The fourth-order valence-corrected chi connectivity index (χ4v) is 1.67. The third kappa shape index (κ3) is 2.80. The Morgan fingerprint density at radius 3 is 2.88 bits per heavy atom. The minimum absolute atomic E-state index is 0.324. The van der Waals surface area contributed by atoms with Crippen LogP contribution in [0.5, 0.6) is 0 Å². The molecule has 1 aromatic carbocycles. The Balaban J connectivity index is 2.07. The molecule has 1 aromatic heterocycles. The van der Waals surface area contributed by atoms with Gasteiger partial charge >= 0.3 is 0 Å². The SMILES string of the molecule is Cc1ccc(Cl)cc1NCc1ccc(C#N)o1. The Kier molecular flexibility index (Phi) is 3.36. The van der Waals surface area contributed by atoms with Crippen LogP contribution in [0.15, 0.2) is 34.7 Å². The number of halogens is 1. The highest BCUT2D eigenvalue weighted by Gasteiger charge is 2.03. The van der Waals surface area contributed by atoms with Crippen molar-refractivity contribution in [3.8, 4) is 6.07 Å². The van der Waals surface area contributed by atoms with Crippen molar-refractivity contribution in [2.45, 2.75) is 13.5 Å². The molecule has 1 heterocycles. The molecule has 3 nitrogen and oxygen atoms in total. The van der Waals surface area contributed by atoms with Crippen LogP contribution in [0.25, 0.3) is 0 Å². The summed E-state index contributed by atoms with van der Waals surface area (Å²) in [6.07, 6.45) is 0. The summed E-state index contributed by atoms with van der Waals surface area (Å²) < 4.78 is 5.27. The maximum absolute atomic E-state index is 8.64. The van der Waals surface area contributed by atoms with Gasteiger partial charge in [-0.1, -0.05) is 17.7 Å². The van der Waals surface area contributed by atoms with E-state index in [1.807, 2.05) is 31.2 Å². The lowest BCUT2D eigenvalue weighted by molar-refractivity contribution is 0.506. The van der Waals surface area contributed by atoms with Gasteiger partial charge in [0.2, 0.25) is 5.76 Å². The van der Waals surface area contributed by atoms with E-state index in [1.165, 1.54) is 0 Å². The molecule has 17 heavy (non-hydrogen) atoms. The number of benzene rings is 1. The van der Waals surface area contributed by atoms with Crippen LogP contribution >= 0.6 is 11.6 Å². The van der Waals surface area contributed by atoms with E-state index in [2.05, 4.69) is 5.32 Å². The summed E-state index contributed by atoms with van der Waals surface area (Å²) in [5, 5.41) is 12.5. The number of nitriles is 1. The average molecular weight is 247 g/mol. The van der Waals surface area contributed by atoms with Gasteiger partial charge in [0.1, 0.15) is 11.8 Å². The van der Waals surface area contributed by atoms with Crippen molar-refractivity contribution < 1.29 is 4.42 Å². The second kappa shape index (κ2) is 4.94. The number of anilines is 1. The zero-order valence-electron chi connectivity index (χ0n) is 9.33. The molecule has 2 rings (SSSR count). The summed E-state index contributed by atoms with van der Waals surface area (Å²) >= 11 is 5.92. The number of furan rings is 1. The van der Waals surface area contributed by atoms with E-state index >= 15 is 0 Å². The molecule has 2 aromatic rings. The van der Waals surface area contributed by atoms with Crippen molar-refractivity contribution in [3.05, 3.63) is 52.4 Å². The summed E-state index contributed by atoms with van der Waals surface area (Å²) in [5.41, 5.74) is 2.08. The Morgan fingerprint density at radius 2 is 2.18 bits per heavy atom. The van der Waals surface area contributed by atoms with Crippen LogP contribution in [0.1, 0.15) is 17.1 Å². The molecule has 0 unspecified atom stereocenters. The molecule has 0 fully saturated rings. The number of hydrogen-bond acceptors (Lipinski definition) is 3. The smallest absolute Gasteiger partial charge is 0.203 e. The van der Waals surface area contributed by atoms with Crippen LogP contribution in [-0.2, 0) is 6.54 Å². The minimum atomic E-state index is 0.324. The van der Waals surface area contributed by atoms with Gasteiger partial charge in [0, 0.05) is 10.7 Å². The summed E-state index contributed by atoms with van der Waals surface area (Å²) in [7, 11) is 0. The molecule has 0 atom stereocenters. The van der Waals surface area contributed by atoms with Crippen LogP contribution in [0, 0.1) is 18.3 Å². The molecule has 0 spiro atoms. The molecule has 4 heteroatoms. The lowest BCUT2D eigenvalue weighted by Crippen LogP contribution is -1.99. The van der Waals surface area contributed by atoms with E-state index < -0.39 is 0 Å². The highest BCUT2D eigenvalue weighted by atomic mass is 35.5. The predicted molar refractivity (Wildman–Crippen MR) is 66.9 cm³/mol. The zero-order valence-corrected chi connectivity index (χ0v) is 10.1. The highest BCUT2D eigenvalue weighted by molar-refractivity contribution is 6.30. The first kappa shape index (κ1) is 11.6. The quantitative estimate of drug-likeness (QED) is 0.898. The van der Waals surface area contributed by atoms with Gasteiger partial charge < -0.3 is 9.73 Å². The molecule has 0 saturated heterocycles. The Labute approximate surface area is 105 Å². The normalized spacial score (nSPS) is 9.94. The van der Waals surface area contributed by atoms with Gasteiger partial charge in [-0.25, -0.2) is 0 Å². The zero-order chi connectivity index (χ0) is 12.3. The van der Waals surface area contributed by atoms with Crippen LogP contribution in [-0.4, -0.2) is 0 Å². The van der Waals surface area contributed by atoms with E-state index in [9.17, 15) is 0 Å². The average Bonchev–Trinajstić information content (AvgIpc) is 2.78. The van der Waals surface area contributed by atoms with Crippen LogP contribution in [0.4, 0.5) is 5.69 Å². The molecule has 0 saturated carbocycles. The fraction of sp³-hybridized carbons (Fsp3) is 0.154. The molecule has 86 valence electrons. The first-order valence-electron chi connectivity index (χ1n) is 5.18. The van der Waals surface area contributed by atoms with E-state index in [-0.39, 0.29) is 0 Å². The molecular weight excluding hydrogens is 236 g/mol. The molecule has 0 aliphatic carbocycles. The largest absolute Gasteiger partial charge is 0.449 e. The number of hydrogen-bond donors (Lipinski definition) is 1. The van der Waals surface area contributed by atoms with Gasteiger partial charge in [-0.2, -0.15) is 5.26 Å². The highest BCUT2D eigenvalue weighted by Crippen LogP contribution is 2.21. The Hall–Kier alpha value is -1.92. The second-order valence-corrected chi connectivity index (χ2v) is 4.13. The van der Waals surface area contributed by atoms with Crippen LogP contribution < -0.4 is 5.32 Å². The fourth-order valence-electron chi connectivity index (χ4n) is 1.50. The van der Waals surface area contributed by atoms with Crippen LogP contribution in [0.3, 0.4) is 0 Å². The van der Waals surface area contributed by atoms with Gasteiger partial charge in [-0.05, 0) is 36.8 Å².